The van der Waals surface area contributed by atoms with Gasteiger partial charge in [-0.05, 0) is 60.2 Å². The molecular weight excluding hydrogens is 479 g/mol. The van der Waals surface area contributed by atoms with E-state index in [1.165, 1.54) is 6.07 Å². The van der Waals surface area contributed by atoms with Crippen molar-refractivity contribution in [2.75, 3.05) is 0 Å². The zero-order chi connectivity index (χ0) is 20.5. The number of halogens is 3. The fourth-order valence-electron chi connectivity index (χ4n) is 2.74. The van der Waals surface area contributed by atoms with Gasteiger partial charge in [0.1, 0.15) is 11.5 Å². The van der Waals surface area contributed by atoms with E-state index in [0.29, 0.717) is 32.5 Å². The summed E-state index contributed by atoms with van der Waals surface area (Å²) in [6, 6.07) is 16.4. The molecule has 4 rings (SSSR count). The van der Waals surface area contributed by atoms with Crippen molar-refractivity contribution in [3.63, 3.8) is 0 Å². The summed E-state index contributed by atoms with van der Waals surface area (Å²) in [7, 11) is 0. The average molecular weight is 490 g/mol. The number of carbonyl (C=O) groups excluding carboxylic acids is 2. The van der Waals surface area contributed by atoms with Crippen LogP contribution >= 0.6 is 39.1 Å². The van der Waals surface area contributed by atoms with E-state index in [0.717, 1.165) is 4.47 Å². The van der Waals surface area contributed by atoms with E-state index < -0.39 is 5.97 Å². The molecule has 0 spiro atoms. The van der Waals surface area contributed by atoms with E-state index in [1.807, 2.05) is 0 Å². The van der Waals surface area contributed by atoms with Crippen LogP contribution in [-0.4, -0.2) is 11.8 Å². The molecule has 4 nitrogen and oxygen atoms in total. The third-order valence-electron chi connectivity index (χ3n) is 4.17. The SMILES string of the molecule is O=C(Oc1ccc2c(c1)OC(=Cc1ccc(Cl)c(Cl)c1)C2=O)c1ccc(Br)cc1. The fraction of sp³-hybridized carbons (Fsp3) is 0. The third-order valence-corrected chi connectivity index (χ3v) is 5.44. The van der Waals surface area contributed by atoms with Crippen LogP contribution in [0.1, 0.15) is 26.3 Å². The van der Waals surface area contributed by atoms with Gasteiger partial charge >= 0.3 is 5.97 Å². The number of esters is 1. The molecule has 0 saturated heterocycles. The quantitative estimate of drug-likeness (QED) is 0.236. The summed E-state index contributed by atoms with van der Waals surface area (Å²) in [5, 5.41) is 0.805. The molecule has 1 aliphatic rings. The second-order valence-electron chi connectivity index (χ2n) is 6.17. The summed E-state index contributed by atoms with van der Waals surface area (Å²) in [5.41, 5.74) is 1.48. The molecule has 1 heterocycles. The number of carbonyl (C=O) groups is 2. The maximum Gasteiger partial charge on any atom is 0.343 e. The van der Waals surface area contributed by atoms with E-state index in [9.17, 15) is 9.59 Å². The number of ether oxygens (including phenoxy) is 2. The second kappa shape index (κ2) is 8.03. The Hall–Kier alpha value is -2.60. The summed E-state index contributed by atoms with van der Waals surface area (Å²) >= 11 is 15.2. The molecule has 0 atom stereocenters. The molecule has 0 amide bonds. The van der Waals surface area contributed by atoms with Crippen LogP contribution in [0, 0.1) is 0 Å². The largest absolute Gasteiger partial charge is 0.452 e. The lowest BCUT2D eigenvalue weighted by Crippen LogP contribution is -2.08. The standard InChI is InChI=1S/C22H11BrCl2O4/c23-14-4-2-13(3-5-14)22(27)28-15-6-7-16-19(11-15)29-20(21(16)26)10-12-1-8-17(24)18(25)9-12/h1-11H. The van der Waals surface area contributed by atoms with Gasteiger partial charge in [-0.1, -0.05) is 45.2 Å². The van der Waals surface area contributed by atoms with Crippen LogP contribution in [0.15, 0.2) is 70.9 Å². The van der Waals surface area contributed by atoms with Crippen LogP contribution in [0.5, 0.6) is 11.5 Å². The Morgan fingerprint density at radius 1 is 0.966 bits per heavy atom. The Bertz CT molecular complexity index is 1170. The van der Waals surface area contributed by atoms with E-state index >= 15 is 0 Å². The maximum absolute atomic E-state index is 12.6. The molecule has 144 valence electrons. The van der Waals surface area contributed by atoms with Crippen molar-refractivity contribution in [1.82, 2.24) is 0 Å². The lowest BCUT2D eigenvalue weighted by atomic mass is 10.1. The molecule has 0 aliphatic carbocycles. The number of fused-ring (bicyclic) bond motifs is 1. The summed E-state index contributed by atoms with van der Waals surface area (Å²) < 4.78 is 11.9. The van der Waals surface area contributed by atoms with Crippen LogP contribution in [0.3, 0.4) is 0 Å². The number of ketones is 1. The van der Waals surface area contributed by atoms with Crippen molar-refractivity contribution < 1.29 is 19.1 Å². The number of rotatable bonds is 3. The number of benzene rings is 3. The average Bonchev–Trinajstić information content (AvgIpc) is 3.00. The molecule has 0 N–H and O–H groups in total. The van der Waals surface area contributed by atoms with Gasteiger partial charge in [-0.3, -0.25) is 4.79 Å². The van der Waals surface area contributed by atoms with E-state index in [4.69, 9.17) is 32.7 Å². The van der Waals surface area contributed by atoms with Crippen molar-refractivity contribution in [3.8, 4) is 11.5 Å². The maximum atomic E-state index is 12.6. The normalized spacial score (nSPS) is 13.9. The predicted octanol–water partition coefficient (Wildman–Crippen LogP) is 6.59. The number of hydrogen-bond donors (Lipinski definition) is 0. The van der Waals surface area contributed by atoms with E-state index in [1.54, 1.807) is 60.7 Å². The Morgan fingerprint density at radius 2 is 1.72 bits per heavy atom. The summed E-state index contributed by atoms with van der Waals surface area (Å²) in [4.78, 5) is 24.9. The highest BCUT2D eigenvalue weighted by Gasteiger charge is 2.28. The Balaban J connectivity index is 1.55. The van der Waals surface area contributed by atoms with Gasteiger partial charge < -0.3 is 9.47 Å². The van der Waals surface area contributed by atoms with Gasteiger partial charge in [0.25, 0.3) is 0 Å². The molecule has 3 aromatic rings. The van der Waals surface area contributed by atoms with Gasteiger partial charge in [-0.25, -0.2) is 4.79 Å². The van der Waals surface area contributed by atoms with E-state index in [2.05, 4.69) is 15.9 Å². The third kappa shape index (κ3) is 4.22. The number of allylic oxidation sites excluding steroid dienone is 1. The first-order chi connectivity index (χ1) is 13.9. The summed E-state index contributed by atoms with van der Waals surface area (Å²) in [6.45, 7) is 0. The van der Waals surface area contributed by atoms with Crippen molar-refractivity contribution in [3.05, 3.63) is 97.6 Å². The van der Waals surface area contributed by atoms with Crippen molar-refractivity contribution in [2.24, 2.45) is 0 Å². The van der Waals surface area contributed by atoms with Gasteiger partial charge in [0.2, 0.25) is 5.78 Å². The van der Waals surface area contributed by atoms with Crippen molar-refractivity contribution >= 4 is 57.0 Å². The summed E-state index contributed by atoms with van der Waals surface area (Å²) in [5.74, 6) is -0.0253. The van der Waals surface area contributed by atoms with Crippen LogP contribution in [0.4, 0.5) is 0 Å². The van der Waals surface area contributed by atoms with Crippen molar-refractivity contribution in [2.45, 2.75) is 0 Å². The smallest absolute Gasteiger partial charge is 0.343 e. The molecular formula is C22H11BrCl2O4. The lowest BCUT2D eigenvalue weighted by molar-refractivity contribution is 0.0734. The van der Waals surface area contributed by atoms with Crippen molar-refractivity contribution in [1.29, 1.82) is 0 Å². The minimum absolute atomic E-state index is 0.148. The monoisotopic (exact) mass is 488 g/mol. The molecule has 29 heavy (non-hydrogen) atoms. The highest BCUT2D eigenvalue weighted by Crippen LogP contribution is 2.35. The second-order valence-corrected chi connectivity index (χ2v) is 7.90. The van der Waals surface area contributed by atoms with Gasteiger partial charge in [-0.2, -0.15) is 0 Å². The first-order valence-electron chi connectivity index (χ1n) is 8.42. The minimum Gasteiger partial charge on any atom is -0.452 e. The van der Waals surface area contributed by atoms with Crippen LogP contribution in [-0.2, 0) is 0 Å². The Labute approximate surface area is 184 Å². The molecule has 0 fully saturated rings. The van der Waals surface area contributed by atoms with Crippen LogP contribution in [0.25, 0.3) is 6.08 Å². The molecule has 1 aliphatic heterocycles. The summed E-state index contributed by atoms with van der Waals surface area (Å²) in [6.07, 6.45) is 1.58. The Morgan fingerprint density at radius 3 is 2.45 bits per heavy atom. The topological polar surface area (TPSA) is 52.6 Å². The molecule has 0 aromatic heterocycles. The highest BCUT2D eigenvalue weighted by atomic mass is 79.9. The molecule has 0 radical (unpaired) electrons. The number of Topliss-reactive ketones (excluding diaryl/α,β-unsaturated/α-hetero) is 1. The first-order valence-corrected chi connectivity index (χ1v) is 9.97. The number of hydrogen-bond acceptors (Lipinski definition) is 4. The van der Waals surface area contributed by atoms with Crippen LogP contribution in [0.2, 0.25) is 10.0 Å². The van der Waals surface area contributed by atoms with E-state index in [-0.39, 0.29) is 17.3 Å². The molecule has 3 aromatic carbocycles. The fourth-order valence-corrected chi connectivity index (χ4v) is 3.31. The van der Waals surface area contributed by atoms with Gasteiger partial charge in [0.05, 0.1) is 21.2 Å². The minimum atomic E-state index is -0.506. The van der Waals surface area contributed by atoms with Gasteiger partial charge in [-0.15, -0.1) is 0 Å². The molecule has 0 saturated carbocycles. The zero-order valence-electron chi connectivity index (χ0n) is 14.6. The van der Waals surface area contributed by atoms with Crippen LogP contribution < -0.4 is 9.47 Å². The lowest BCUT2D eigenvalue weighted by Gasteiger charge is -2.06. The first kappa shape index (κ1) is 19.7. The molecule has 7 heteroatoms. The molecule has 0 unspecified atom stereocenters. The predicted molar refractivity (Wildman–Crippen MR) is 115 cm³/mol. The Kier molecular flexibility index (Phi) is 5.46. The van der Waals surface area contributed by atoms with Gasteiger partial charge in [0, 0.05) is 10.5 Å². The highest BCUT2D eigenvalue weighted by molar-refractivity contribution is 9.10. The zero-order valence-corrected chi connectivity index (χ0v) is 17.7. The van der Waals surface area contributed by atoms with Gasteiger partial charge in [0.15, 0.2) is 5.76 Å². The molecule has 0 bridgehead atoms.